The fourth-order valence-corrected chi connectivity index (χ4v) is 4.74. The maximum atomic E-state index is 13.4. The number of piperidine rings is 1. The molecule has 1 aliphatic carbocycles. The third-order valence-corrected chi connectivity index (χ3v) is 6.05. The van der Waals surface area contributed by atoms with E-state index in [4.69, 9.17) is 4.74 Å². The van der Waals surface area contributed by atoms with Crippen LogP contribution in [-0.2, 0) is 16.1 Å². The van der Waals surface area contributed by atoms with E-state index in [-0.39, 0.29) is 12.1 Å². The van der Waals surface area contributed by atoms with Crippen LogP contribution in [0, 0.1) is 0 Å². The van der Waals surface area contributed by atoms with E-state index in [0.29, 0.717) is 18.6 Å². The van der Waals surface area contributed by atoms with E-state index in [9.17, 15) is 4.79 Å². The summed E-state index contributed by atoms with van der Waals surface area (Å²) in [6, 6.07) is 4.45. The highest BCUT2D eigenvalue weighted by atomic mass is 16.5. The Hall–Kier alpha value is -1.46. The number of carbonyl (C=O) groups is 1. The number of pyridine rings is 1. The number of hydrogen-bond acceptors (Lipinski definition) is 4. The van der Waals surface area contributed by atoms with Gasteiger partial charge in [-0.3, -0.25) is 14.7 Å². The summed E-state index contributed by atoms with van der Waals surface area (Å²) in [6.07, 6.45) is 11.9. The van der Waals surface area contributed by atoms with E-state index in [2.05, 4.69) is 26.9 Å². The molecule has 0 radical (unpaired) electrons. The van der Waals surface area contributed by atoms with Gasteiger partial charge in [-0.1, -0.05) is 19.3 Å². The number of ether oxygens (including phenoxy) is 1. The van der Waals surface area contributed by atoms with Crippen molar-refractivity contribution in [3.63, 3.8) is 0 Å². The minimum absolute atomic E-state index is 0.0302. The molecule has 0 N–H and O–H groups in total. The average Bonchev–Trinajstić information content (AvgIpc) is 2.68. The maximum absolute atomic E-state index is 13.4. The van der Waals surface area contributed by atoms with Crippen LogP contribution in [0.3, 0.4) is 0 Å². The molecule has 0 aromatic carbocycles. The number of likely N-dealkylation sites (tertiary alicyclic amines) is 1. The van der Waals surface area contributed by atoms with Gasteiger partial charge < -0.3 is 9.64 Å². The monoisotopic (exact) mass is 343 g/mol. The summed E-state index contributed by atoms with van der Waals surface area (Å²) in [6.45, 7) is 3.32. The summed E-state index contributed by atoms with van der Waals surface area (Å²) >= 11 is 0. The number of hydrogen-bond donors (Lipinski definition) is 0. The van der Waals surface area contributed by atoms with E-state index in [1.165, 1.54) is 24.8 Å². The van der Waals surface area contributed by atoms with Crippen molar-refractivity contribution in [2.24, 2.45) is 0 Å². The normalized spacial score (nSPS) is 30.7. The van der Waals surface area contributed by atoms with E-state index in [0.717, 1.165) is 45.3 Å². The van der Waals surface area contributed by atoms with Crippen molar-refractivity contribution in [2.75, 3.05) is 19.7 Å². The summed E-state index contributed by atoms with van der Waals surface area (Å²) in [5.74, 6) is 0.342. The van der Waals surface area contributed by atoms with Gasteiger partial charge in [0.1, 0.15) is 0 Å². The van der Waals surface area contributed by atoms with Crippen molar-refractivity contribution in [2.45, 2.75) is 69.7 Å². The largest absolute Gasteiger partial charge is 0.374 e. The molecule has 3 atom stereocenters. The molecule has 2 aliphatic heterocycles. The molecule has 3 fully saturated rings. The Morgan fingerprint density at radius 1 is 1.08 bits per heavy atom. The lowest BCUT2D eigenvalue weighted by atomic mass is 9.89. The number of amides is 1. The Kier molecular flexibility index (Phi) is 5.32. The van der Waals surface area contributed by atoms with Crippen molar-refractivity contribution in [3.05, 3.63) is 30.1 Å². The molecule has 1 aromatic heterocycles. The first-order valence-electron chi connectivity index (χ1n) is 9.88. The van der Waals surface area contributed by atoms with Gasteiger partial charge in [0.25, 0.3) is 0 Å². The van der Waals surface area contributed by atoms with Crippen LogP contribution in [0.2, 0.25) is 0 Å². The Morgan fingerprint density at radius 2 is 1.88 bits per heavy atom. The molecule has 1 amide bonds. The number of nitrogens with zero attached hydrogens (tertiary/aromatic N) is 3. The van der Waals surface area contributed by atoms with Crippen LogP contribution >= 0.6 is 0 Å². The van der Waals surface area contributed by atoms with Gasteiger partial charge in [-0.2, -0.15) is 0 Å². The van der Waals surface area contributed by atoms with Gasteiger partial charge in [0.05, 0.1) is 24.8 Å². The maximum Gasteiger partial charge on any atom is 0.240 e. The van der Waals surface area contributed by atoms with Gasteiger partial charge in [0.15, 0.2) is 0 Å². The fourth-order valence-electron chi connectivity index (χ4n) is 4.74. The molecule has 0 unspecified atom stereocenters. The number of rotatable bonds is 3. The van der Waals surface area contributed by atoms with Gasteiger partial charge in [-0.15, -0.1) is 0 Å². The second-order valence-electron chi connectivity index (χ2n) is 7.63. The first-order chi connectivity index (χ1) is 12.3. The molecule has 0 bridgehead atoms. The zero-order chi connectivity index (χ0) is 17.1. The molecule has 25 heavy (non-hydrogen) atoms. The lowest BCUT2D eigenvalue weighted by Crippen LogP contribution is -2.60. The lowest BCUT2D eigenvalue weighted by Gasteiger charge is -2.46. The zero-order valence-corrected chi connectivity index (χ0v) is 15.0. The molecule has 5 heteroatoms. The van der Waals surface area contributed by atoms with Crippen LogP contribution in [-0.4, -0.2) is 58.6 Å². The molecular weight excluding hydrogens is 314 g/mol. The Bertz CT molecular complexity index is 578. The number of aromatic nitrogens is 1. The van der Waals surface area contributed by atoms with Crippen molar-refractivity contribution in [1.29, 1.82) is 0 Å². The number of carbonyl (C=O) groups excluding carboxylic acids is 1. The Balaban J connectivity index is 1.48. The second-order valence-corrected chi connectivity index (χ2v) is 7.63. The van der Waals surface area contributed by atoms with Gasteiger partial charge in [0.2, 0.25) is 5.91 Å². The second kappa shape index (κ2) is 7.83. The van der Waals surface area contributed by atoms with Crippen LogP contribution < -0.4 is 0 Å². The van der Waals surface area contributed by atoms with Crippen LogP contribution in [0.15, 0.2) is 24.5 Å². The van der Waals surface area contributed by atoms with E-state index >= 15 is 0 Å². The van der Waals surface area contributed by atoms with Gasteiger partial charge in [0, 0.05) is 25.5 Å². The SMILES string of the molecule is O=C([C@@H]1CCCCN1Cc1ccncc1)N1CCO[C@@H]2CCCC[C@@H]21. The quantitative estimate of drug-likeness (QED) is 0.846. The Labute approximate surface area is 150 Å². The zero-order valence-electron chi connectivity index (χ0n) is 15.0. The highest BCUT2D eigenvalue weighted by Gasteiger charge is 2.40. The summed E-state index contributed by atoms with van der Waals surface area (Å²) in [4.78, 5) is 22.1. The van der Waals surface area contributed by atoms with E-state index in [1.807, 2.05) is 12.4 Å². The average molecular weight is 343 g/mol. The predicted octanol–water partition coefficient (Wildman–Crippen LogP) is 2.61. The lowest BCUT2D eigenvalue weighted by molar-refractivity contribution is -0.156. The third kappa shape index (κ3) is 3.72. The fraction of sp³-hybridized carbons (Fsp3) is 0.700. The molecule has 3 aliphatic rings. The Morgan fingerprint density at radius 3 is 2.76 bits per heavy atom. The summed E-state index contributed by atoms with van der Waals surface area (Å²) in [5, 5.41) is 0. The molecular formula is C20H29N3O2. The minimum Gasteiger partial charge on any atom is -0.374 e. The summed E-state index contributed by atoms with van der Waals surface area (Å²) in [5.41, 5.74) is 1.24. The molecule has 2 saturated heterocycles. The summed E-state index contributed by atoms with van der Waals surface area (Å²) in [7, 11) is 0. The van der Waals surface area contributed by atoms with Crippen LogP contribution in [0.25, 0.3) is 0 Å². The topological polar surface area (TPSA) is 45.7 Å². The van der Waals surface area contributed by atoms with Crippen LogP contribution in [0.5, 0.6) is 0 Å². The minimum atomic E-state index is 0.0302. The van der Waals surface area contributed by atoms with E-state index < -0.39 is 0 Å². The smallest absolute Gasteiger partial charge is 0.240 e. The van der Waals surface area contributed by atoms with Crippen molar-refractivity contribution >= 4 is 5.91 Å². The van der Waals surface area contributed by atoms with Gasteiger partial charge in [-0.05, 0) is 49.9 Å². The van der Waals surface area contributed by atoms with Gasteiger partial charge >= 0.3 is 0 Å². The third-order valence-electron chi connectivity index (χ3n) is 6.05. The van der Waals surface area contributed by atoms with Crippen molar-refractivity contribution < 1.29 is 9.53 Å². The first kappa shape index (κ1) is 17.0. The van der Waals surface area contributed by atoms with E-state index in [1.54, 1.807) is 0 Å². The molecule has 136 valence electrons. The van der Waals surface area contributed by atoms with Crippen molar-refractivity contribution in [3.8, 4) is 0 Å². The molecule has 3 heterocycles. The van der Waals surface area contributed by atoms with Gasteiger partial charge in [-0.25, -0.2) is 0 Å². The molecule has 4 rings (SSSR count). The standard InChI is InChI=1S/C20H29N3O2/c24-20(23-13-14-25-19-7-2-1-5-17(19)23)18-6-3-4-12-22(18)15-16-8-10-21-11-9-16/h8-11,17-19H,1-7,12-15H2/t17-,18-,19+/m0/s1. The summed E-state index contributed by atoms with van der Waals surface area (Å²) < 4.78 is 5.96. The van der Waals surface area contributed by atoms with Crippen molar-refractivity contribution in [1.82, 2.24) is 14.8 Å². The number of fused-ring (bicyclic) bond motifs is 1. The number of morpholine rings is 1. The predicted molar refractivity (Wildman–Crippen MR) is 96.0 cm³/mol. The molecule has 5 nitrogen and oxygen atoms in total. The molecule has 1 aromatic rings. The highest BCUT2D eigenvalue weighted by molar-refractivity contribution is 5.82. The van der Waals surface area contributed by atoms with Crippen LogP contribution in [0.1, 0.15) is 50.5 Å². The molecule has 0 spiro atoms. The molecule has 1 saturated carbocycles. The van der Waals surface area contributed by atoms with Crippen LogP contribution in [0.4, 0.5) is 0 Å². The first-order valence-corrected chi connectivity index (χ1v) is 9.88. The highest BCUT2D eigenvalue weighted by Crippen LogP contribution is 2.30.